The van der Waals surface area contributed by atoms with Gasteiger partial charge in [-0.3, -0.25) is 4.79 Å². The maximum atomic E-state index is 11.6. The summed E-state index contributed by atoms with van der Waals surface area (Å²) in [5.41, 5.74) is 5.74. The molecule has 1 aromatic rings. The number of nitrogens with one attached hydrogen (secondary N) is 2. The van der Waals surface area contributed by atoms with Crippen LogP contribution in [-0.2, 0) is 0 Å². The summed E-state index contributed by atoms with van der Waals surface area (Å²) in [5.74, 6) is 0.384. The largest absolute Gasteiger partial charge is 0.393 e. The molecule has 1 aliphatic carbocycles. The zero-order valence-electron chi connectivity index (χ0n) is 15.0. The Morgan fingerprint density at radius 2 is 1.96 bits per heavy atom. The lowest BCUT2D eigenvalue weighted by Gasteiger charge is -2.29. The highest BCUT2D eigenvalue weighted by Crippen LogP contribution is 2.25. The summed E-state index contributed by atoms with van der Waals surface area (Å²) in [4.78, 5) is 20.3. The van der Waals surface area contributed by atoms with Gasteiger partial charge in [0, 0.05) is 18.3 Å². The van der Waals surface area contributed by atoms with Crippen LogP contribution in [0.5, 0.6) is 0 Å². The molecular weight excluding hydrogens is 306 g/mol. The van der Waals surface area contributed by atoms with Crippen molar-refractivity contribution in [2.24, 2.45) is 11.1 Å². The van der Waals surface area contributed by atoms with Gasteiger partial charge in [-0.1, -0.05) is 20.8 Å². The second kappa shape index (κ2) is 7.34. The fourth-order valence-electron chi connectivity index (χ4n) is 2.57. The van der Waals surface area contributed by atoms with Crippen LogP contribution in [0.25, 0.3) is 0 Å². The van der Waals surface area contributed by atoms with Crippen molar-refractivity contribution in [3.63, 3.8) is 0 Å². The summed E-state index contributed by atoms with van der Waals surface area (Å²) in [6, 6.07) is 0.337. The standard InChI is InChI=1S/C17H29N5O2/c1-10(17(2,3)4)20-15-13(14(18)24)9-19-16(22-15)21-11-5-7-12(23)8-6-11/h9-12,23H,5-8H2,1-4H3,(H2,18,24)(H2,19,20,21,22)/t10-,11?,12?/m1/s1. The summed E-state index contributed by atoms with van der Waals surface area (Å²) < 4.78 is 0. The van der Waals surface area contributed by atoms with Gasteiger partial charge in [-0.05, 0) is 38.0 Å². The number of nitrogens with zero attached hydrogens (tertiary/aromatic N) is 2. The first-order valence-electron chi connectivity index (χ1n) is 8.55. The molecule has 7 heteroatoms. The van der Waals surface area contributed by atoms with Crippen molar-refractivity contribution < 1.29 is 9.90 Å². The Balaban J connectivity index is 2.16. The van der Waals surface area contributed by atoms with Gasteiger partial charge in [-0.15, -0.1) is 0 Å². The van der Waals surface area contributed by atoms with E-state index in [-0.39, 0.29) is 29.2 Å². The van der Waals surface area contributed by atoms with Crippen LogP contribution in [-0.4, -0.2) is 39.2 Å². The second-order valence-electron chi connectivity index (χ2n) is 7.70. The molecule has 134 valence electrons. The average Bonchev–Trinajstić information content (AvgIpc) is 2.48. The van der Waals surface area contributed by atoms with E-state index in [1.807, 2.05) is 6.92 Å². The summed E-state index contributed by atoms with van der Waals surface area (Å²) in [6.45, 7) is 8.38. The number of anilines is 2. The normalized spacial score (nSPS) is 22.7. The molecule has 0 radical (unpaired) electrons. The van der Waals surface area contributed by atoms with Gasteiger partial charge < -0.3 is 21.5 Å². The summed E-state index contributed by atoms with van der Waals surface area (Å²) in [5, 5.41) is 16.2. The number of amides is 1. The van der Waals surface area contributed by atoms with Gasteiger partial charge in [0.05, 0.1) is 11.7 Å². The molecule has 5 N–H and O–H groups in total. The zero-order valence-corrected chi connectivity index (χ0v) is 15.0. The lowest BCUT2D eigenvalue weighted by Crippen LogP contribution is -2.33. The van der Waals surface area contributed by atoms with Crippen LogP contribution in [0.1, 0.15) is 63.7 Å². The van der Waals surface area contributed by atoms with Crippen molar-refractivity contribution in [2.45, 2.75) is 71.6 Å². The van der Waals surface area contributed by atoms with Crippen molar-refractivity contribution >= 4 is 17.7 Å². The Labute approximate surface area is 143 Å². The van der Waals surface area contributed by atoms with Crippen molar-refractivity contribution in [1.29, 1.82) is 0 Å². The third kappa shape index (κ3) is 4.80. The number of hydrogen-bond donors (Lipinski definition) is 4. The molecule has 0 unspecified atom stereocenters. The number of nitrogens with two attached hydrogens (primary N) is 1. The van der Waals surface area contributed by atoms with E-state index in [9.17, 15) is 9.90 Å². The molecule has 2 rings (SSSR count). The van der Waals surface area contributed by atoms with E-state index in [1.54, 1.807) is 0 Å². The molecule has 7 nitrogen and oxygen atoms in total. The number of aliphatic hydroxyl groups is 1. The van der Waals surface area contributed by atoms with E-state index < -0.39 is 5.91 Å². The van der Waals surface area contributed by atoms with Gasteiger partial charge >= 0.3 is 0 Å². The molecule has 1 heterocycles. The number of hydrogen-bond acceptors (Lipinski definition) is 6. The number of carbonyl (C=O) groups excluding carboxylic acids is 1. The Morgan fingerprint density at radius 3 is 2.50 bits per heavy atom. The minimum absolute atomic E-state index is 0.00691. The highest BCUT2D eigenvalue weighted by atomic mass is 16.3. The van der Waals surface area contributed by atoms with Crippen molar-refractivity contribution in [3.8, 4) is 0 Å². The van der Waals surface area contributed by atoms with E-state index in [0.717, 1.165) is 25.7 Å². The first-order valence-corrected chi connectivity index (χ1v) is 8.55. The molecule has 0 spiro atoms. The predicted molar refractivity (Wildman–Crippen MR) is 95.0 cm³/mol. The van der Waals surface area contributed by atoms with E-state index >= 15 is 0 Å². The minimum Gasteiger partial charge on any atom is -0.393 e. The molecule has 24 heavy (non-hydrogen) atoms. The Morgan fingerprint density at radius 1 is 1.33 bits per heavy atom. The number of carbonyl (C=O) groups is 1. The molecule has 1 aliphatic rings. The molecule has 0 saturated heterocycles. The van der Waals surface area contributed by atoms with Gasteiger partial charge in [0.15, 0.2) is 0 Å². The summed E-state index contributed by atoms with van der Waals surface area (Å²) in [7, 11) is 0. The molecule has 0 aliphatic heterocycles. The van der Waals surface area contributed by atoms with Gasteiger partial charge in [0.2, 0.25) is 5.95 Å². The van der Waals surface area contributed by atoms with Crippen LogP contribution in [0.3, 0.4) is 0 Å². The van der Waals surface area contributed by atoms with Crippen LogP contribution in [0, 0.1) is 5.41 Å². The fraction of sp³-hybridized carbons (Fsp3) is 0.706. The van der Waals surface area contributed by atoms with Crippen LogP contribution in [0.4, 0.5) is 11.8 Å². The van der Waals surface area contributed by atoms with Crippen molar-refractivity contribution in [3.05, 3.63) is 11.8 Å². The van der Waals surface area contributed by atoms with Crippen molar-refractivity contribution in [2.75, 3.05) is 10.6 Å². The highest BCUT2D eigenvalue weighted by Gasteiger charge is 2.24. The molecule has 1 saturated carbocycles. The monoisotopic (exact) mass is 335 g/mol. The van der Waals surface area contributed by atoms with Crippen LogP contribution >= 0.6 is 0 Å². The zero-order chi connectivity index (χ0) is 17.9. The molecule has 0 bridgehead atoms. The van der Waals surface area contributed by atoms with Gasteiger partial charge in [0.25, 0.3) is 5.91 Å². The van der Waals surface area contributed by atoms with E-state index in [0.29, 0.717) is 11.8 Å². The number of primary amides is 1. The lowest BCUT2D eigenvalue weighted by molar-refractivity contribution is 0.1000. The fourth-order valence-corrected chi connectivity index (χ4v) is 2.57. The first kappa shape index (κ1) is 18.4. The van der Waals surface area contributed by atoms with Gasteiger partial charge in [-0.25, -0.2) is 4.98 Å². The second-order valence-corrected chi connectivity index (χ2v) is 7.70. The van der Waals surface area contributed by atoms with E-state index in [2.05, 4.69) is 41.4 Å². The molecule has 1 fully saturated rings. The predicted octanol–water partition coefficient (Wildman–Crippen LogP) is 2.14. The SMILES string of the molecule is C[C@@H](Nc1nc(NC2CCC(O)CC2)ncc1C(N)=O)C(C)(C)C. The average molecular weight is 335 g/mol. The lowest BCUT2D eigenvalue weighted by atomic mass is 9.88. The third-order valence-electron chi connectivity index (χ3n) is 4.74. The topological polar surface area (TPSA) is 113 Å². The Hall–Kier alpha value is -1.89. The van der Waals surface area contributed by atoms with Crippen molar-refractivity contribution in [1.82, 2.24) is 9.97 Å². The Kier molecular flexibility index (Phi) is 5.64. The van der Waals surface area contributed by atoms with Crippen LogP contribution in [0.2, 0.25) is 0 Å². The molecule has 0 aromatic carbocycles. The number of aromatic nitrogens is 2. The van der Waals surface area contributed by atoms with Crippen LogP contribution < -0.4 is 16.4 Å². The smallest absolute Gasteiger partial charge is 0.254 e. The van der Waals surface area contributed by atoms with Gasteiger partial charge in [-0.2, -0.15) is 4.98 Å². The maximum absolute atomic E-state index is 11.6. The molecule has 1 amide bonds. The third-order valence-corrected chi connectivity index (χ3v) is 4.74. The van der Waals surface area contributed by atoms with E-state index in [4.69, 9.17) is 5.73 Å². The summed E-state index contributed by atoms with van der Waals surface area (Å²) >= 11 is 0. The quantitative estimate of drug-likeness (QED) is 0.655. The molecule has 1 atom stereocenters. The Bertz CT molecular complexity index is 577. The van der Waals surface area contributed by atoms with E-state index in [1.165, 1.54) is 6.20 Å². The molecule has 1 aromatic heterocycles. The van der Waals surface area contributed by atoms with Gasteiger partial charge in [0.1, 0.15) is 5.82 Å². The summed E-state index contributed by atoms with van der Waals surface area (Å²) in [6.07, 6.45) is 4.58. The minimum atomic E-state index is -0.550. The maximum Gasteiger partial charge on any atom is 0.254 e. The van der Waals surface area contributed by atoms with Crippen LogP contribution in [0.15, 0.2) is 6.20 Å². The molecular formula is C17H29N5O2. The number of aliphatic hydroxyl groups excluding tert-OH is 1. The number of rotatable bonds is 5. The highest BCUT2D eigenvalue weighted by molar-refractivity contribution is 5.97. The first-order chi connectivity index (χ1) is 11.2.